The number of quaternary nitrogens is 1. The molecular weight excluding hydrogens is 126 g/mol. The lowest BCUT2D eigenvalue weighted by Gasteiger charge is -2.07. The normalized spacial score (nSPS) is 21.1. The molecule has 0 radical (unpaired) electrons. The van der Waals surface area contributed by atoms with E-state index in [4.69, 9.17) is 0 Å². The number of nitrogens with one attached hydrogen (secondary N) is 1. The lowest BCUT2D eigenvalue weighted by atomic mass is 10.3. The van der Waals surface area contributed by atoms with Gasteiger partial charge in [-0.05, 0) is 0 Å². The Hall–Kier alpha value is -1.22. The molecule has 3 heteroatoms. The van der Waals surface area contributed by atoms with E-state index in [1.807, 2.05) is 6.07 Å². The van der Waals surface area contributed by atoms with Crippen molar-refractivity contribution >= 4 is 17.7 Å². The molecule has 1 aliphatic rings. The second kappa shape index (κ2) is 1.88. The molecule has 3 nitrogen and oxygen atoms in total. The first-order valence-electron chi connectivity index (χ1n) is 3.05. The molecule has 1 atom stereocenters. The van der Waals surface area contributed by atoms with Gasteiger partial charge >= 0.3 is 0 Å². The first-order chi connectivity index (χ1) is 4.88. The quantitative estimate of drug-likeness (QED) is 0.498. The second-order valence-electron chi connectivity index (χ2n) is 2.18. The van der Waals surface area contributed by atoms with E-state index in [2.05, 4.69) is 17.0 Å². The maximum atomic E-state index is 4.09. The van der Waals surface area contributed by atoms with Crippen LogP contribution in [0.1, 0.15) is 0 Å². The van der Waals surface area contributed by atoms with Crippen LogP contribution in [-0.4, -0.2) is 11.3 Å². The zero-order chi connectivity index (χ0) is 6.97. The number of hydrogen-bond acceptors (Lipinski definition) is 2. The summed E-state index contributed by atoms with van der Waals surface area (Å²) < 4.78 is 0. The van der Waals surface area contributed by atoms with Crippen molar-refractivity contribution in [2.75, 3.05) is 0 Å². The number of fused-ring (bicyclic) bond motifs is 1. The summed E-state index contributed by atoms with van der Waals surface area (Å²) in [5, 5.41) is 0. The van der Waals surface area contributed by atoms with Gasteiger partial charge in [0.25, 0.3) is 0 Å². The van der Waals surface area contributed by atoms with Crippen LogP contribution in [0.25, 0.3) is 0 Å². The lowest BCUT2D eigenvalue weighted by molar-refractivity contribution is -0.662. The number of nitrogens with zero attached hydrogens (tertiary/aromatic N) is 2. The molecule has 0 aliphatic carbocycles. The molecule has 0 spiro atoms. The van der Waals surface area contributed by atoms with E-state index in [1.165, 1.54) is 0 Å². The Bertz CT molecular complexity index is 280. The number of aromatic nitrogens is 1. The Morgan fingerprint density at radius 3 is 3.20 bits per heavy atom. The van der Waals surface area contributed by atoms with Crippen LogP contribution in [0.15, 0.2) is 23.5 Å². The fraction of sp³-hybridized carbons (Fsp3) is 0. The van der Waals surface area contributed by atoms with Crippen molar-refractivity contribution in [1.29, 1.82) is 0 Å². The van der Waals surface area contributed by atoms with Crippen molar-refractivity contribution in [3.63, 3.8) is 0 Å². The van der Waals surface area contributed by atoms with Gasteiger partial charge in [0.2, 0.25) is 0 Å². The minimum absolute atomic E-state index is 0.924. The van der Waals surface area contributed by atoms with Gasteiger partial charge in [-0.3, -0.25) is 4.98 Å². The summed E-state index contributed by atoms with van der Waals surface area (Å²) in [6, 6.07) is 1.92. The van der Waals surface area contributed by atoms with E-state index in [0.29, 0.717) is 0 Å². The Morgan fingerprint density at radius 2 is 2.40 bits per heavy atom. The first kappa shape index (κ1) is 5.56. The van der Waals surface area contributed by atoms with Gasteiger partial charge in [-0.25, -0.2) is 0 Å². The van der Waals surface area contributed by atoms with E-state index >= 15 is 0 Å². The number of hydrogen-bond donors (Lipinski definition) is 1. The van der Waals surface area contributed by atoms with Crippen LogP contribution in [0.3, 0.4) is 0 Å². The van der Waals surface area contributed by atoms with Crippen LogP contribution < -0.4 is 4.90 Å². The summed E-state index contributed by atoms with van der Waals surface area (Å²) in [6.07, 6.45) is 5.25. The molecule has 0 fully saturated rings. The van der Waals surface area contributed by atoms with Crippen LogP contribution in [0.2, 0.25) is 0 Å². The Kier molecular flexibility index (Phi) is 1.05. The van der Waals surface area contributed by atoms with Gasteiger partial charge in [0.05, 0.1) is 6.20 Å². The van der Waals surface area contributed by atoms with Crippen LogP contribution in [0.5, 0.6) is 0 Å². The van der Waals surface area contributed by atoms with Crippen molar-refractivity contribution < 1.29 is 4.90 Å². The van der Waals surface area contributed by atoms with Gasteiger partial charge in [-0.2, -0.15) is 4.99 Å². The largest absolute Gasteiger partial charge is 0.390 e. The molecule has 10 heavy (non-hydrogen) atoms. The lowest BCUT2D eigenvalue weighted by Crippen LogP contribution is -2.99. The van der Waals surface area contributed by atoms with E-state index < -0.39 is 0 Å². The van der Waals surface area contributed by atoms with Crippen molar-refractivity contribution in [2.24, 2.45) is 4.99 Å². The molecule has 0 amide bonds. The summed E-state index contributed by atoms with van der Waals surface area (Å²) >= 11 is 0. The molecule has 0 saturated carbocycles. The monoisotopic (exact) mass is 133 g/mol. The van der Waals surface area contributed by atoms with Gasteiger partial charge in [0.15, 0.2) is 6.34 Å². The zero-order valence-corrected chi connectivity index (χ0v) is 5.41. The third-order valence-corrected chi connectivity index (χ3v) is 1.51. The molecule has 0 bridgehead atoms. The smallest absolute Gasteiger partial charge is 0.167 e. The Balaban J connectivity index is 2.59. The molecule has 1 unspecified atom stereocenters. The molecule has 2 heterocycles. The summed E-state index contributed by atoms with van der Waals surface area (Å²) in [7, 11) is 3.82. The molecule has 0 saturated heterocycles. The number of pyridine rings is 1. The van der Waals surface area contributed by atoms with Crippen LogP contribution >= 0.6 is 0 Å². The van der Waals surface area contributed by atoms with E-state index in [9.17, 15) is 0 Å². The van der Waals surface area contributed by atoms with Gasteiger partial charge in [-0.1, -0.05) is 0 Å². The van der Waals surface area contributed by atoms with Crippen molar-refractivity contribution in [3.8, 4) is 0 Å². The average Bonchev–Trinajstić information content (AvgIpc) is 2.34. The highest BCUT2D eigenvalue weighted by molar-refractivity contribution is 5.70. The standard InChI is InChI=1S/C7H7N3/c1-10-5-9-6-4-8-3-2-7(6)10/h2-5,10H,1H2. The summed E-state index contributed by atoms with van der Waals surface area (Å²) in [5.41, 5.74) is 2.02. The van der Waals surface area contributed by atoms with Crippen LogP contribution in [-0.2, 0) is 0 Å². The van der Waals surface area contributed by atoms with Crippen molar-refractivity contribution in [1.82, 2.24) is 4.98 Å². The average molecular weight is 133 g/mol. The van der Waals surface area contributed by atoms with Crippen LogP contribution in [0.4, 0.5) is 11.4 Å². The van der Waals surface area contributed by atoms with Gasteiger partial charge in [0.1, 0.15) is 11.4 Å². The van der Waals surface area contributed by atoms with E-state index in [0.717, 1.165) is 16.3 Å². The fourth-order valence-corrected chi connectivity index (χ4v) is 0.978. The molecule has 1 N–H and O–H groups in total. The molecule has 1 aromatic heterocycles. The van der Waals surface area contributed by atoms with Crippen molar-refractivity contribution in [3.05, 3.63) is 25.5 Å². The van der Waals surface area contributed by atoms with E-state index in [-0.39, 0.29) is 0 Å². The summed E-state index contributed by atoms with van der Waals surface area (Å²) in [5.74, 6) is 0. The van der Waals surface area contributed by atoms with Crippen LogP contribution in [0, 0.1) is 7.05 Å². The predicted molar refractivity (Wildman–Crippen MR) is 38.4 cm³/mol. The molecule has 1 aromatic rings. The summed E-state index contributed by atoms with van der Waals surface area (Å²) in [6.45, 7) is 0. The number of rotatable bonds is 0. The Morgan fingerprint density at radius 1 is 1.50 bits per heavy atom. The summed E-state index contributed by atoms with van der Waals surface area (Å²) in [4.78, 5) is 9.00. The molecule has 1 aliphatic heterocycles. The molecule has 50 valence electrons. The third kappa shape index (κ3) is 0.642. The van der Waals surface area contributed by atoms with Crippen molar-refractivity contribution in [2.45, 2.75) is 0 Å². The highest BCUT2D eigenvalue weighted by Gasteiger charge is 2.11. The zero-order valence-electron chi connectivity index (χ0n) is 5.41. The highest BCUT2D eigenvalue weighted by Crippen LogP contribution is 2.20. The first-order valence-corrected chi connectivity index (χ1v) is 3.05. The minimum Gasteiger partial charge on any atom is -0.390 e. The molecule has 2 rings (SSSR count). The van der Waals surface area contributed by atoms with E-state index in [1.54, 1.807) is 18.7 Å². The number of aliphatic imine (C=N–C) groups is 1. The topological polar surface area (TPSA) is 29.7 Å². The fourth-order valence-electron chi connectivity index (χ4n) is 0.978. The maximum absolute atomic E-state index is 4.09. The molecular formula is C7H7N3. The predicted octanol–water partition coefficient (Wildman–Crippen LogP) is 0.0630. The maximum Gasteiger partial charge on any atom is 0.167 e. The van der Waals surface area contributed by atoms with Gasteiger partial charge in [-0.15, -0.1) is 7.05 Å². The molecule has 0 aromatic carbocycles. The SMILES string of the molecule is [CH2-][NH+]1C=Nc2cnccc21. The van der Waals surface area contributed by atoms with Gasteiger partial charge < -0.3 is 4.90 Å². The Labute approximate surface area is 59.0 Å². The van der Waals surface area contributed by atoms with Gasteiger partial charge in [0, 0.05) is 12.3 Å². The third-order valence-electron chi connectivity index (χ3n) is 1.51. The highest BCUT2D eigenvalue weighted by atomic mass is 15.2. The second-order valence-corrected chi connectivity index (χ2v) is 2.18. The minimum atomic E-state index is 0.924.